The topological polar surface area (TPSA) is 56.1 Å². The minimum atomic E-state index is 0.244. The molecule has 1 atom stereocenters. The molecule has 0 spiro atoms. The van der Waals surface area contributed by atoms with Gasteiger partial charge >= 0.3 is 0 Å². The van der Waals surface area contributed by atoms with Crippen LogP contribution >= 0.6 is 0 Å². The Bertz CT molecular complexity index is 738. The summed E-state index contributed by atoms with van der Waals surface area (Å²) >= 11 is 0. The number of rotatable bonds is 7. The monoisotopic (exact) mass is 353 g/mol. The number of ether oxygens (including phenoxy) is 1. The van der Waals surface area contributed by atoms with E-state index in [1.807, 2.05) is 12.3 Å². The van der Waals surface area contributed by atoms with E-state index in [0.717, 1.165) is 36.7 Å². The highest BCUT2D eigenvalue weighted by molar-refractivity contribution is 5.20. The lowest BCUT2D eigenvalue weighted by Crippen LogP contribution is -2.47. The molecule has 26 heavy (non-hydrogen) atoms. The van der Waals surface area contributed by atoms with Gasteiger partial charge in [-0.25, -0.2) is 4.68 Å². The lowest BCUT2D eigenvalue weighted by atomic mass is 9.88. The average Bonchev–Trinajstić information content (AvgIpc) is 3.35. The third kappa shape index (κ3) is 3.28. The first-order valence-electron chi connectivity index (χ1n) is 10.0. The molecule has 0 radical (unpaired) electrons. The Balaban J connectivity index is 1.32. The van der Waals surface area contributed by atoms with Crippen LogP contribution in [0.2, 0.25) is 0 Å². The molecule has 0 saturated heterocycles. The van der Waals surface area contributed by atoms with Crippen molar-refractivity contribution in [1.82, 2.24) is 24.9 Å². The Kier molecular flexibility index (Phi) is 4.46. The summed E-state index contributed by atoms with van der Waals surface area (Å²) < 4.78 is 8.29. The average molecular weight is 353 g/mol. The standard InChI is InChI=1S/C20H27N5O/c1-4-17(5-1)24-10-8-18-20(22-23-25(18)12-15-6-7-15)19(24)14-26-13-16-3-2-9-21-11-16/h2-3,9,11,15,17,19H,1,4-8,10,12-14H2/t19-/m1/s1. The Hall–Kier alpha value is -1.79. The summed E-state index contributed by atoms with van der Waals surface area (Å²) in [5.41, 5.74) is 3.63. The highest BCUT2D eigenvalue weighted by Gasteiger charge is 2.38. The van der Waals surface area contributed by atoms with E-state index < -0.39 is 0 Å². The number of pyridine rings is 1. The van der Waals surface area contributed by atoms with Crippen molar-refractivity contribution in [3.05, 3.63) is 41.5 Å². The van der Waals surface area contributed by atoms with E-state index in [4.69, 9.17) is 4.74 Å². The zero-order valence-corrected chi connectivity index (χ0v) is 15.3. The van der Waals surface area contributed by atoms with E-state index in [9.17, 15) is 0 Å². The molecule has 2 aromatic rings. The summed E-state index contributed by atoms with van der Waals surface area (Å²) in [6.45, 7) is 3.44. The van der Waals surface area contributed by atoms with Crippen LogP contribution in [-0.4, -0.2) is 44.1 Å². The third-order valence-electron chi connectivity index (χ3n) is 6.13. The lowest BCUT2D eigenvalue weighted by molar-refractivity contribution is 0.00193. The molecule has 2 saturated carbocycles. The van der Waals surface area contributed by atoms with E-state index in [1.54, 1.807) is 6.20 Å². The number of hydrogen-bond donors (Lipinski definition) is 0. The maximum Gasteiger partial charge on any atom is 0.105 e. The fourth-order valence-electron chi connectivity index (χ4n) is 4.20. The fraction of sp³-hybridized carbons (Fsp3) is 0.650. The van der Waals surface area contributed by atoms with Crippen LogP contribution in [0.25, 0.3) is 0 Å². The van der Waals surface area contributed by atoms with E-state index in [2.05, 4.69) is 30.9 Å². The first-order chi connectivity index (χ1) is 12.9. The Morgan fingerprint density at radius 3 is 2.85 bits per heavy atom. The van der Waals surface area contributed by atoms with E-state index in [0.29, 0.717) is 19.3 Å². The Morgan fingerprint density at radius 2 is 2.12 bits per heavy atom. The fourth-order valence-corrected chi connectivity index (χ4v) is 4.20. The molecule has 2 aliphatic carbocycles. The number of aromatic nitrogens is 4. The normalized spacial score (nSPS) is 23.6. The maximum atomic E-state index is 6.11. The van der Waals surface area contributed by atoms with Gasteiger partial charge in [-0.2, -0.15) is 0 Å². The van der Waals surface area contributed by atoms with Crippen LogP contribution in [0.15, 0.2) is 24.5 Å². The van der Waals surface area contributed by atoms with Crippen LogP contribution in [0.5, 0.6) is 0 Å². The highest BCUT2D eigenvalue weighted by Crippen LogP contribution is 2.37. The van der Waals surface area contributed by atoms with E-state index in [-0.39, 0.29) is 6.04 Å². The largest absolute Gasteiger partial charge is 0.375 e. The molecule has 138 valence electrons. The molecular formula is C20H27N5O. The zero-order valence-electron chi connectivity index (χ0n) is 15.3. The summed E-state index contributed by atoms with van der Waals surface area (Å²) in [6.07, 6.45) is 11.4. The van der Waals surface area contributed by atoms with Crippen molar-refractivity contribution in [2.24, 2.45) is 5.92 Å². The molecule has 6 nitrogen and oxygen atoms in total. The molecule has 0 aromatic carbocycles. The van der Waals surface area contributed by atoms with Gasteiger partial charge in [0.1, 0.15) is 5.69 Å². The van der Waals surface area contributed by atoms with Crippen molar-refractivity contribution in [2.75, 3.05) is 13.2 Å². The van der Waals surface area contributed by atoms with Crippen molar-refractivity contribution < 1.29 is 4.74 Å². The zero-order chi connectivity index (χ0) is 17.3. The maximum absolute atomic E-state index is 6.11. The van der Waals surface area contributed by atoms with E-state index in [1.165, 1.54) is 37.8 Å². The van der Waals surface area contributed by atoms with Gasteiger partial charge in [0.15, 0.2) is 0 Å². The second-order valence-electron chi connectivity index (χ2n) is 8.01. The van der Waals surface area contributed by atoms with Gasteiger partial charge in [0.25, 0.3) is 0 Å². The number of fused-ring (bicyclic) bond motifs is 1. The van der Waals surface area contributed by atoms with Gasteiger partial charge in [0.2, 0.25) is 0 Å². The molecule has 6 heteroatoms. The number of nitrogens with zero attached hydrogens (tertiary/aromatic N) is 5. The minimum absolute atomic E-state index is 0.244. The van der Waals surface area contributed by atoms with Gasteiger partial charge in [0.05, 0.1) is 24.9 Å². The lowest BCUT2D eigenvalue weighted by Gasteiger charge is -2.44. The second kappa shape index (κ2) is 7.08. The third-order valence-corrected chi connectivity index (χ3v) is 6.13. The summed E-state index contributed by atoms with van der Waals surface area (Å²) in [7, 11) is 0. The smallest absolute Gasteiger partial charge is 0.105 e. The second-order valence-corrected chi connectivity index (χ2v) is 8.01. The van der Waals surface area contributed by atoms with Crippen LogP contribution in [0.3, 0.4) is 0 Å². The van der Waals surface area contributed by atoms with Crippen molar-refractivity contribution >= 4 is 0 Å². The predicted octanol–water partition coefficient (Wildman–Crippen LogP) is 2.75. The molecular weight excluding hydrogens is 326 g/mol. The summed E-state index contributed by atoms with van der Waals surface area (Å²) in [4.78, 5) is 6.80. The van der Waals surface area contributed by atoms with Gasteiger partial charge in [0, 0.05) is 37.9 Å². The Labute approximate surface area is 154 Å². The van der Waals surface area contributed by atoms with Gasteiger partial charge in [-0.05, 0) is 43.2 Å². The molecule has 0 bridgehead atoms. The van der Waals surface area contributed by atoms with Crippen LogP contribution in [0.1, 0.15) is 55.1 Å². The minimum Gasteiger partial charge on any atom is -0.375 e. The van der Waals surface area contributed by atoms with Crippen molar-refractivity contribution in [1.29, 1.82) is 0 Å². The van der Waals surface area contributed by atoms with Gasteiger partial charge in [-0.1, -0.05) is 17.7 Å². The molecule has 2 fully saturated rings. The highest BCUT2D eigenvalue weighted by atomic mass is 16.5. The number of hydrogen-bond acceptors (Lipinski definition) is 5. The molecule has 1 aliphatic heterocycles. The Morgan fingerprint density at radius 1 is 1.19 bits per heavy atom. The summed E-state index contributed by atoms with van der Waals surface area (Å²) in [5, 5.41) is 9.12. The summed E-state index contributed by atoms with van der Waals surface area (Å²) in [6, 6.07) is 4.97. The van der Waals surface area contributed by atoms with Crippen molar-refractivity contribution in [2.45, 2.75) is 63.8 Å². The molecule has 5 rings (SSSR count). The van der Waals surface area contributed by atoms with Crippen LogP contribution in [0, 0.1) is 5.92 Å². The first-order valence-corrected chi connectivity index (χ1v) is 10.0. The summed E-state index contributed by atoms with van der Waals surface area (Å²) in [5.74, 6) is 0.825. The van der Waals surface area contributed by atoms with Gasteiger partial charge in [-0.3, -0.25) is 9.88 Å². The van der Waals surface area contributed by atoms with E-state index >= 15 is 0 Å². The molecule has 2 aromatic heterocycles. The molecule has 3 heterocycles. The molecule has 0 unspecified atom stereocenters. The molecule has 0 amide bonds. The van der Waals surface area contributed by atoms with Crippen molar-refractivity contribution in [3.63, 3.8) is 0 Å². The molecule has 0 N–H and O–H groups in total. The van der Waals surface area contributed by atoms with Gasteiger partial charge in [-0.15, -0.1) is 5.10 Å². The van der Waals surface area contributed by atoms with Crippen LogP contribution < -0.4 is 0 Å². The van der Waals surface area contributed by atoms with Crippen LogP contribution in [0.4, 0.5) is 0 Å². The quantitative estimate of drug-likeness (QED) is 0.766. The predicted molar refractivity (Wildman–Crippen MR) is 97.4 cm³/mol. The molecule has 3 aliphatic rings. The van der Waals surface area contributed by atoms with Crippen molar-refractivity contribution in [3.8, 4) is 0 Å². The SMILES string of the molecule is c1cncc(COC[C@@H]2c3nnn(CC4CC4)c3CCN2C2CCC2)c1. The first kappa shape index (κ1) is 16.4. The van der Waals surface area contributed by atoms with Gasteiger partial charge < -0.3 is 4.74 Å². The van der Waals surface area contributed by atoms with Crippen LogP contribution in [-0.2, 0) is 24.3 Å².